The molecular formula is C29H27F5O. The van der Waals surface area contributed by atoms with E-state index >= 15 is 0 Å². The van der Waals surface area contributed by atoms with Crippen LogP contribution in [0.25, 0.3) is 16.7 Å². The van der Waals surface area contributed by atoms with Crippen molar-refractivity contribution in [2.45, 2.75) is 46.0 Å². The highest BCUT2D eigenvalue weighted by molar-refractivity contribution is 5.67. The fraction of sp³-hybridized carbons (Fsp3) is 0.310. The first kappa shape index (κ1) is 25.0. The minimum Gasteiger partial charge on any atom is -0.491 e. The number of halogens is 5. The van der Waals surface area contributed by atoms with E-state index in [-0.39, 0.29) is 29.0 Å². The molecule has 1 aliphatic carbocycles. The summed E-state index contributed by atoms with van der Waals surface area (Å²) in [6, 6.07) is 10.4. The summed E-state index contributed by atoms with van der Waals surface area (Å²) in [4.78, 5) is 0. The van der Waals surface area contributed by atoms with Crippen molar-refractivity contribution >= 4 is 5.57 Å². The topological polar surface area (TPSA) is 9.23 Å². The molecule has 0 amide bonds. The van der Waals surface area contributed by atoms with Crippen LogP contribution in [-0.4, -0.2) is 6.61 Å². The van der Waals surface area contributed by atoms with Crippen molar-refractivity contribution in [3.63, 3.8) is 0 Å². The summed E-state index contributed by atoms with van der Waals surface area (Å²) in [5.74, 6) is -4.35. The Morgan fingerprint density at radius 2 is 1.54 bits per heavy atom. The first-order valence-electron chi connectivity index (χ1n) is 11.8. The standard InChI is InChI=1S/C29H27F5O/c1-3-35-25-15-14-23(28(33)29(25)34)22-13-9-19(16-24(22)30)6-5-18-7-10-20(11-8-18)21-12-4-17(2)26(31)27(21)32/h4,9-10,12-16,18H,3,5-8,11H2,1-2H3. The SMILES string of the molecule is CCOc1ccc(-c2ccc(CCC3CC=C(c4ccc(C)c(F)c4F)CC3)cc2F)c(F)c1F. The molecule has 0 saturated heterocycles. The molecule has 1 unspecified atom stereocenters. The molecule has 0 saturated carbocycles. The zero-order valence-electron chi connectivity index (χ0n) is 19.7. The predicted molar refractivity (Wildman–Crippen MR) is 128 cm³/mol. The smallest absolute Gasteiger partial charge is 0.201 e. The van der Waals surface area contributed by atoms with E-state index in [2.05, 4.69) is 0 Å². The lowest BCUT2D eigenvalue weighted by Gasteiger charge is -2.22. The third-order valence-electron chi connectivity index (χ3n) is 6.65. The van der Waals surface area contributed by atoms with E-state index in [1.165, 1.54) is 31.2 Å². The molecule has 0 spiro atoms. The van der Waals surface area contributed by atoms with Gasteiger partial charge in [0.25, 0.3) is 0 Å². The van der Waals surface area contributed by atoms with Gasteiger partial charge in [-0.05, 0) is 86.8 Å². The van der Waals surface area contributed by atoms with Gasteiger partial charge in [0, 0.05) is 16.7 Å². The van der Waals surface area contributed by atoms with E-state index in [0.717, 1.165) is 30.4 Å². The lowest BCUT2D eigenvalue weighted by molar-refractivity contribution is 0.314. The molecule has 1 aliphatic rings. The normalized spacial score (nSPS) is 15.7. The number of aryl methyl sites for hydroxylation is 2. The number of benzene rings is 3. The van der Waals surface area contributed by atoms with Gasteiger partial charge >= 0.3 is 0 Å². The van der Waals surface area contributed by atoms with Crippen LogP contribution in [0.15, 0.2) is 48.5 Å². The van der Waals surface area contributed by atoms with Crippen molar-refractivity contribution in [1.82, 2.24) is 0 Å². The summed E-state index contributed by atoms with van der Waals surface area (Å²) in [5, 5.41) is 0. The Hall–Kier alpha value is -3.15. The lowest BCUT2D eigenvalue weighted by atomic mass is 9.83. The molecule has 3 aromatic rings. The van der Waals surface area contributed by atoms with E-state index in [0.29, 0.717) is 24.3 Å². The maximum atomic E-state index is 14.8. The van der Waals surface area contributed by atoms with Crippen LogP contribution in [0.4, 0.5) is 22.0 Å². The Bertz CT molecular complexity index is 1260. The molecular weight excluding hydrogens is 459 g/mol. The molecule has 0 heterocycles. The van der Waals surface area contributed by atoms with Crippen LogP contribution in [-0.2, 0) is 6.42 Å². The summed E-state index contributed by atoms with van der Waals surface area (Å²) in [7, 11) is 0. The summed E-state index contributed by atoms with van der Waals surface area (Å²) in [6.07, 6.45) is 5.62. The highest BCUT2D eigenvalue weighted by atomic mass is 19.2. The molecule has 35 heavy (non-hydrogen) atoms. The van der Waals surface area contributed by atoms with Crippen LogP contribution in [0.2, 0.25) is 0 Å². The second-order valence-corrected chi connectivity index (χ2v) is 8.95. The van der Waals surface area contributed by atoms with E-state index in [4.69, 9.17) is 4.74 Å². The first-order chi connectivity index (χ1) is 16.8. The van der Waals surface area contributed by atoms with Crippen LogP contribution in [0.5, 0.6) is 5.75 Å². The quantitative estimate of drug-likeness (QED) is 0.304. The van der Waals surface area contributed by atoms with Crippen LogP contribution >= 0.6 is 0 Å². The molecule has 4 rings (SSSR count). The fourth-order valence-corrected chi connectivity index (χ4v) is 4.60. The molecule has 0 N–H and O–H groups in total. The maximum absolute atomic E-state index is 14.8. The van der Waals surface area contributed by atoms with E-state index in [9.17, 15) is 22.0 Å². The van der Waals surface area contributed by atoms with Gasteiger partial charge in [-0.2, -0.15) is 4.39 Å². The van der Waals surface area contributed by atoms with Crippen molar-refractivity contribution in [3.05, 3.63) is 94.3 Å². The molecule has 3 aromatic carbocycles. The Morgan fingerprint density at radius 1 is 0.829 bits per heavy atom. The zero-order valence-corrected chi connectivity index (χ0v) is 19.7. The molecule has 6 heteroatoms. The summed E-state index contributed by atoms with van der Waals surface area (Å²) in [6.45, 7) is 3.39. The predicted octanol–water partition coefficient (Wildman–Crippen LogP) is 8.57. The van der Waals surface area contributed by atoms with Crippen molar-refractivity contribution in [2.24, 2.45) is 5.92 Å². The van der Waals surface area contributed by atoms with E-state index in [1.807, 2.05) is 6.08 Å². The third kappa shape index (κ3) is 5.26. The number of hydrogen-bond acceptors (Lipinski definition) is 1. The monoisotopic (exact) mass is 486 g/mol. The van der Waals surface area contributed by atoms with Gasteiger partial charge in [0.2, 0.25) is 5.82 Å². The van der Waals surface area contributed by atoms with Crippen LogP contribution in [0.1, 0.15) is 49.3 Å². The zero-order chi connectivity index (χ0) is 25.1. The third-order valence-corrected chi connectivity index (χ3v) is 6.65. The highest BCUT2D eigenvalue weighted by Gasteiger charge is 2.21. The lowest BCUT2D eigenvalue weighted by Crippen LogP contribution is -2.08. The van der Waals surface area contributed by atoms with Crippen LogP contribution in [0.3, 0.4) is 0 Å². The Labute approximate surface area is 202 Å². The van der Waals surface area contributed by atoms with E-state index in [1.54, 1.807) is 25.1 Å². The number of hydrogen-bond donors (Lipinski definition) is 0. The van der Waals surface area contributed by atoms with Crippen molar-refractivity contribution < 1.29 is 26.7 Å². The Kier molecular flexibility index (Phi) is 7.58. The summed E-state index contributed by atoms with van der Waals surface area (Å²) < 4.78 is 76.8. The second-order valence-electron chi connectivity index (χ2n) is 8.95. The highest BCUT2D eigenvalue weighted by Crippen LogP contribution is 2.35. The Balaban J connectivity index is 1.41. The molecule has 0 bridgehead atoms. The van der Waals surface area contributed by atoms with Gasteiger partial charge in [-0.3, -0.25) is 0 Å². The molecule has 0 aromatic heterocycles. The summed E-state index contributed by atoms with van der Waals surface area (Å²) in [5.41, 5.74) is 2.03. The van der Waals surface area contributed by atoms with Gasteiger partial charge in [-0.1, -0.05) is 30.3 Å². The van der Waals surface area contributed by atoms with Crippen LogP contribution in [0, 0.1) is 41.9 Å². The van der Waals surface area contributed by atoms with Gasteiger partial charge in [-0.15, -0.1) is 0 Å². The Morgan fingerprint density at radius 3 is 2.23 bits per heavy atom. The van der Waals surface area contributed by atoms with Gasteiger partial charge in [0.1, 0.15) is 5.82 Å². The minimum absolute atomic E-state index is 0.00852. The summed E-state index contributed by atoms with van der Waals surface area (Å²) >= 11 is 0. The average molecular weight is 487 g/mol. The second kappa shape index (κ2) is 10.6. The van der Waals surface area contributed by atoms with Crippen molar-refractivity contribution in [2.75, 3.05) is 6.61 Å². The van der Waals surface area contributed by atoms with Gasteiger partial charge in [-0.25, -0.2) is 17.6 Å². The van der Waals surface area contributed by atoms with Gasteiger partial charge in [0.05, 0.1) is 6.61 Å². The molecule has 1 atom stereocenters. The number of allylic oxidation sites excluding steroid dienone is 2. The van der Waals surface area contributed by atoms with Crippen LogP contribution < -0.4 is 4.74 Å². The molecule has 0 fully saturated rings. The van der Waals surface area contributed by atoms with E-state index < -0.39 is 29.1 Å². The van der Waals surface area contributed by atoms with Gasteiger partial charge < -0.3 is 4.74 Å². The maximum Gasteiger partial charge on any atom is 0.201 e. The first-order valence-corrected chi connectivity index (χ1v) is 11.8. The number of rotatable bonds is 7. The average Bonchev–Trinajstić information content (AvgIpc) is 2.85. The molecule has 1 nitrogen and oxygen atoms in total. The minimum atomic E-state index is -1.14. The van der Waals surface area contributed by atoms with Gasteiger partial charge in [0.15, 0.2) is 23.2 Å². The molecule has 0 aliphatic heterocycles. The fourth-order valence-electron chi connectivity index (χ4n) is 4.60. The largest absolute Gasteiger partial charge is 0.491 e. The van der Waals surface area contributed by atoms with Crippen molar-refractivity contribution in [1.29, 1.82) is 0 Å². The number of ether oxygens (including phenoxy) is 1. The molecule has 184 valence electrons. The van der Waals surface area contributed by atoms with Crippen molar-refractivity contribution in [3.8, 4) is 16.9 Å². The molecule has 0 radical (unpaired) electrons.